The first-order valence-electron chi connectivity index (χ1n) is 7.19. The number of hydrogen-bond donors (Lipinski definition) is 1. The molecule has 0 aliphatic carbocycles. The Morgan fingerprint density at radius 2 is 1.87 bits per heavy atom. The Labute approximate surface area is 131 Å². The molecule has 0 unspecified atom stereocenters. The van der Waals surface area contributed by atoms with Crippen LogP contribution in [-0.4, -0.2) is 11.9 Å². The number of esters is 1. The monoisotopic (exact) mass is 309 g/mol. The third-order valence-corrected chi connectivity index (χ3v) is 4.18. The highest BCUT2D eigenvalue weighted by molar-refractivity contribution is 6.09. The van der Waals surface area contributed by atoms with Crippen LogP contribution in [0.5, 0.6) is 0 Å². The summed E-state index contributed by atoms with van der Waals surface area (Å²) in [7, 11) is 0. The van der Waals surface area contributed by atoms with Crippen LogP contribution < -0.4 is 5.32 Å². The Kier molecular flexibility index (Phi) is 2.84. The van der Waals surface area contributed by atoms with Crippen molar-refractivity contribution in [2.24, 2.45) is 0 Å². The Balaban J connectivity index is 1.85. The lowest BCUT2D eigenvalue weighted by atomic mass is 9.83. The van der Waals surface area contributed by atoms with Crippen LogP contribution in [0.3, 0.4) is 0 Å². The first-order valence-corrected chi connectivity index (χ1v) is 7.19. The number of rotatable bonds is 1. The largest absolute Gasteiger partial charge is 0.440 e. The zero-order chi connectivity index (χ0) is 16.0. The fourth-order valence-corrected chi connectivity index (χ4v) is 3.12. The number of hydrogen-bond acceptors (Lipinski definition) is 3. The first-order chi connectivity index (χ1) is 11.1. The van der Waals surface area contributed by atoms with Gasteiger partial charge in [-0.2, -0.15) is 0 Å². The molecule has 2 aliphatic heterocycles. The van der Waals surface area contributed by atoms with E-state index >= 15 is 0 Å². The van der Waals surface area contributed by atoms with Crippen molar-refractivity contribution in [3.05, 3.63) is 71.6 Å². The van der Waals surface area contributed by atoms with Gasteiger partial charge in [0.2, 0.25) is 5.60 Å². The van der Waals surface area contributed by atoms with E-state index in [1.165, 1.54) is 24.3 Å². The van der Waals surface area contributed by atoms with Crippen LogP contribution >= 0.6 is 0 Å². The van der Waals surface area contributed by atoms with Crippen molar-refractivity contribution in [3.8, 4) is 0 Å². The quantitative estimate of drug-likeness (QED) is 0.824. The molecular weight excluding hydrogens is 297 g/mol. The van der Waals surface area contributed by atoms with E-state index in [0.29, 0.717) is 16.8 Å². The summed E-state index contributed by atoms with van der Waals surface area (Å²) in [4.78, 5) is 24.6. The SMILES string of the molecule is O=C1C=C(c2ccccc2)C[C@@]2(O1)C(=O)Nc1ccc(F)cc12. The molecule has 0 saturated heterocycles. The third kappa shape index (κ3) is 2.04. The van der Waals surface area contributed by atoms with Gasteiger partial charge in [-0.3, -0.25) is 4.79 Å². The molecule has 2 heterocycles. The molecule has 2 aliphatic rings. The minimum atomic E-state index is -1.51. The van der Waals surface area contributed by atoms with Crippen LogP contribution in [0.15, 0.2) is 54.6 Å². The fraction of sp³-hybridized carbons (Fsp3) is 0.111. The molecular formula is C18H12FNO3. The highest BCUT2D eigenvalue weighted by Gasteiger charge is 2.52. The molecule has 4 nitrogen and oxygen atoms in total. The molecule has 0 saturated carbocycles. The van der Waals surface area contributed by atoms with Gasteiger partial charge in [-0.15, -0.1) is 0 Å². The molecule has 1 atom stereocenters. The lowest BCUT2D eigenvalue weighted by molar-refractivity contribution is -0.163. The van der Waals surface area contributed by atoms with E-state index in [9.17, 15) is 14.0 Å². The zero-order valence-electron chi connectivity index (χ0n) is 12.0. The summed E-state index contributed by atoms with van der Waals surface area (Å²) < 4.78 is 19.0. The molecule has 1 N–H and O–H groups in total. The number of benzene rings is 2. The van der Waals surface area contributed by atoms with Gasteiger partial charge in [0.05, 0.1) is 0 Å². The summed E-state index contributed by atoms with van der Waals surface area (Å²) in [6, 6.07) is 13.3. The number of halogens is 1. The first kappa shape index (κ1) is 13.7. The number of carbonyl (C=O) groups excluding carboxylic acids is 2. The smallest absolute Gasteiger partial charge is 0.332 e. The summed E-state index contributed by atoms with van der Waals surface area (Å²) in [5.74, 6) is -1.54. The Morgan fingerprint density at radius 3 is 2.65 bits per heavy atom. The zero-order valence-corrected chi connectivity index (χ0v) is 12.0. The topological polar surface area (TPSA) is 55.4 Å². The molecule has 114 valence electrons. The van der Waals surface area contributed by atoms with Crippen molar-refractivity contribution >= 4 is 23.1 Å². The molecule has 0 fully saturated rings. The van der Waals surface area contributed by atoms with Gasteiger partial charge < -0.3 is 10.1 Å². The van der Waals surface area contributed by atoms with Crippen LogP contribution in [0.1, 0.15) is 17.5 Å². The highest BCUT2D eigenvalue weighted by Crippen LogP contribution is 2.47. The molecule has 0 bridgehead atoms. The summed E-state index contributed by atoms with van der Waals surface area (Å²) in [5, 5.41) is 2.67. The van der Waals surface area contributed by atoms with Gasteiger partial charge in [-0.25, -0.2) is 9.18 Å². The second-order valence-corrected chi connectivity index (χ2v) is 5.60. The number of anilines is 1. The Morgan fingerprint density at radius 1 is 1.09 bits per heavy atom. The lowest BCUT2D eigenvalue weighted by Crippen LogP contribution is -2.41. The van der Waals surface area contributed by atoms with Crippen molar-refractivity contribution in [2.75, 3.05) is 5.32 Å². The minimum Gasteiger partial charge on any atom is -0.440 e. The third-order valence-electron chi connectivity index (χ3n) is 4.18. The molecule has 23 heavy (non-hydrogen) atoms. The second kappa shape index (κ2) is 4.78. The van der Waals surface area contributed by atoms with Crippen molar-refractivity contribution in [1.82, 2.24) is 0 Å². The maximum absolute atomic E-state index is 13.7. The molecule has 4 rings (SSSR count). The number of carbonyl (C=O) groups is 2. The normalized spacial score (nSPS) is 22.4. The molecule has 1 spiro atoms. The van der Waals surface area contributed by atoms with E-state index in [2.05, 4.69) is 5.32 Å². The summed E-state index contributed by atoms with van der Waals surface area (Å²) in [6.07, 6.45) is 1.55. The standard InChI is InChI=1S/C18H12FNO3/c19-13-6-7-15-14(9-13)18(17(22)20-15)10-12(8-16(21)23-18)11-4-2-1-3-5-11/h1-9H,10H2,(H,20,22)/t18-/m0/s1. The summed E-state index contributed by atoms with van der Waals surface area (Å²) in [6.45, 7) is 0. The Hall–Kier alpha value is -2.95. The minimum absolute atomic E-state index is 0.172. The molecule has 1 amide bonds. The number of fused-ring (bicyclic) bond motifs is 2. The van der Waals surface area contributed by atoms with E-state index in [4.69, 9.17) is 4.74 Å². The van der Waals surface area contributed by atoms with Crippen LogP contribution in [0, 0.1) is 5.82 Å². The highest BCUT2D eigenvalue weighted by atomic mass is 19.1. The average molecular weight is 309 g/mol. The van der Waals surface area contributed by atoms with Gasteiger partial charge in [-0.05, 0) is 29.3 Å². The van der Waals surface area contributed by atoms with Crippen LogP contribution in [0.2, 0.25) is 0 Å². The van der Waals surface area contributed by atoms with Crippen LogP contribution in [-0.2, 0) is 19.9 Å². The predicted molar refractivity (Wildman–Crippen MR) is 81.8 cm³/mol. The van der Waals surface area contributed by atoms with Crippen LogP contribution in [0.4, 0.5) is 10.1 Å². The number of ether oxygens (including phenoxy) is 1. The number of amides is 1. The van der Waals surface area contributed by atoms with Crippen LogP contribution in [0.25, 0.3) is 5.57 Å². The van der Waals surface area contributed by atoms with Crippen molar-refractivity contribution in [1.29, 1.82) is 0 Å². The van der Waals surface area contributed by atoms with E-state index in [-0.39, 0.29) is 6.42 Å². The summed E-state index contributed by atoms with van der Waals surface area (Å²) >= 11 is 0. The van der Waals surface area contributed by atoms with Gasteiger partial charge in [-0.1, -0.05) is 30.3 Å². The van der Waals surface area contributed by atoms with Gasteiger partial charge >= 0.3 is 5.97 Å². The molecule has 0 radical (unpaired) electrons. The predicted octanol–water partition coefficient (Wildman–Crippen LogP) is 3.00. The van der Waals surface area contributed by atoms with E-state index in [0.717, 1.165) is 5.56 Å². The van der Waals surface area contributed by atoms with E-state index in [1.807, 2.05) is 30.3 Å². The van der Waals surface area contributed by atoms with Gasteiger partial charge in [0.15, 0.2) is 0 Å². The molecule has 2 aromatic carbocycles. The second-order valence-electron chi connectivity index (χ2n) is 5.60. The Bertz CT molecular complexity index is 860. The van der Waals surface area contributed by atoms with Crippen molar-refractivity contribution < 1.29 is 18.7 Å². The maximum atomic E-state index is 13.7. The molecule has 2 aromatic rings. The molecule has 5 heteroatoms. The van der Waals surface area contributed by atoms with E-state index in [1.54, 1.807) is 0 Å². The van der Waals surface area contributed by atoms with Crippen molar-refractivity contribution in [2.45, 2.75) is 12.0 Å². The molecule has 0 aromatic heterocycles. The maximum Gasteiger partial charge on any atom is 0.332 e. The van der Waals surface area contributed by atoms with Gasteiger partial charge in [0, 0.05) is 23.7 Å². The fourth-order valence-electron chi connectivity index (χ4n) is 3.12. The van der Waals surface area contributed by atoms with Gasteiger partial charge in [0.25, 0.3) is 5.91 Å². The number of nitrogens with one attached hydrogen (secondary N) is 1. The van der Waals surface area contributed by atoms with E-state index < -0.39 is 23.3 Å². The summed E-state index contributed by atoms with van der Waals surface area (Å²) in [5.41, 5.74) is 0.847. The van der Waals surface area contributed by atoms with Crippen molar-refractivity contribution in [3.63, 3.8) is 0 Å². The van der Waals surface area contributed by atoms with Gasteiger partial charge in [0.1, 0.15) is 5.82 Å². The average Bonchev–Trinajstić information content (AvgIpc) is 2.80. The lowest BCUT2D eigenvalue weighted by Gasteiger charge is -2.31.